The predicted octanol–water partition coefficient (Wildman–Crippen LogP) is 17.9. The van der Waals surface area contributed by atoms with E-state index in [1.165, 1.54) is 133 Å². The van der Waals surface area contributed by atoms with Crippen molar-refractivity contribution in [2.24, 2.45) is 0 Å². The van der Waals surface area contributed by atoms with Crippen LogP contribution in [0.25, 0.3) is 110 Å². The molecule has 1 heterocycles. The third-order valence-corrected chi connectivity index (χ3v) is 17.1. The smallest absolute Gasteiger partial charge is 0.135 e. The van der Waals surface area contributed by atoms with Gasteiger partial charge in [0.05, 0.1) is 10.8 Å². The van der Waals surface area contributed by atoms with Gasteiger partial charge in [-0.1, -0.05) is 218 Å². The molecule has 326 valence electrons. The molecule has 4 aliphatic carbocycles. The molecule has 0 atom stereocenters. The molecule has 1 heteroatoms. The van der Waals surface area contributed by atoms with Gasteiger partial charge < -0.3 is 4.42 Å². The van der Waals surface area contributed by atoms with E-state index in [1.807, 2.05) is 0 Å². The molecule has 0 bridgehead atoms. The molecule has 71 heavy (non-hydrogen) atoms. The fourth-order valence-electron chi connectivity index (χ4n) is 14.5. The van der Waals surface area contributed by atoms with Crippen molar-refractivity contribution in [2.45, 2.75) is 10.8 Å². The normalized spacial score (nSPS) is 14.4. The van der Waals surface area contributed by atoms with E-state index in [4.69, 9.17) is 4.42 Å². The van der Waals surface area contributed by atoms with Crippen LogP contribution >= 0.6 is 0 Å². The maximum Gasteiger partial charge on any atom is 0.135 e. The number of hydrogen-bond acceptors (Lipinski definition) is 1. The Hall–Kier alpha value is -9.04. The molecule has 13 aromatic rings. The molecule has 1 nitrogen and oxygen atoms in total. The van der Waals surface area contributed by atoms with Crippen molar-refractivity contribution in [2.75, 3.05) is 0 Å². The highest BCUT2D eigenvalue weighted by molar-refractivity contribution is 6.26. The Kier molecular flexibility index (Phi) is 7.14. The Morgan fingerprint density at radius 3 is 0.831 bits per heavy atom. The van der Waals surface area contributed by atoms with E-state index in [0.717, 1.165) is 21.9 Å². The molecule has 0 saturated carbocycles. The number of hydrogen-bond donors (Lipinski definition) is 0. The van der Waals surface area contributed by atoms with E-state index >= 15 is 0 Å². The summed E-state index contributed by atoms with van der Waals surface area (Å²) in [7, 11) is 0. The topological polar surface area (TPSA) is 13.1 Å². The molecule has 0 unspecified atom stereocenters. The molecule has 0 amide bonds. The summed E-state index contributed by atoms with van der Waals surface area (Å²) in [6.45, 7) is 0. The molecule has 0 saturated heterocycles. The van der Waals surface area contributed by atoms with E-state index in [1.54, 1.807) is 0 Å². The van der Waals surface area contributed by atoms with Crippen molar-refractivity contribution in [3.05, 3.63) is 287 Å². The van der Waals surface area contributed by atoms with E-state index in [-0.39, 0.29) is 0 Å². The fraction of sp³-hybridized carbons (Fsp3) is 0.0286. The standard InChI is InChI=1S/C70H40O/c1-7-25-57-45(15-1)46-16-2-8-26-58(46)69(57)61-29-11-5-19-49(61)51-33-31-41(39-63(51)69)43-35-37-65-67-53(43)21-13-23-55(67)56-24-14-22-54-44(36-38-66(71-65)68(54)56)42-32-34-52-50-20-6-12-30-62(50)70(64(52)40-42)59-27-9-3-17-47(59)48-18-4-10-28-60(48)70/h1-40H. The first-order valence-corrected chi connectivity index (χ1v) is 24.9. The van der Waals surface area contributed by atoms with Crippen LogP contribution in [0, 0.1) is 0 Å². The van der Waals surface area contributed by atoms with Crippen LogP contribution in [0.2, 0.25) is 0 Å². The van der Waals surface area contributed by atoms with Gasteiger partial charge in [0.2, 0.25) is 0 Å². The molecule has 0 aliphatic heterocycles. The third-order valence-electron chi connectivity index (χ3n) is 17.1. The minimum absolute atomic E-state index is 0.410. The lowest BCUT2D eigenvalue weighted by Crippen LogP contribution is -2.25. The average Bonchev–Trinajstić information content (AvgIpc) is 4.11. The molecular weight excluding hydrogens is 857 g/mol. The van der Waals surface area contributed by atoms with Gasteiger partial charge in [-0.2, -0.15) is 0 Å². The van der Waals surface area contributed by atoms with Gasteiger partial charge in [0, 0.05) is 10.8 Å². The van der Waals surface area contributed by atoms with Gasteiger partial charge in [0.25, 0.3) is 0 Å². The molecule has 0 N–H and O–H groups in total. The van der Waals surface area contributed by atoms with E-state index in [2.05, 4.69) is 243 Å². The highest BCUT2D eigenvalue weighted by Gasteiger charge is 2.53. The quantitative estimate of drug-likeness (QED) is 0.169. The maximum absolute atomic E-state index is 7.17. The van der Waals surface area contributed by atoms with Gasteiger partial charge in [-0.25, -0.2) is 0 Å². The van der Waals surface area contributed by atoms with Crippen molar-refractivity contribution in [1.82, 2.24) is 0 Å². The van der Waals surface area contributed by atoms with E-state index in [9.17, 15) is 0 Å². The molecule has 0 radical (unpaired) electrons. The van der Waals surface area contributed by atoms with Crippen molar-refractivity contribution in [1.29, 1.82) is 0 Å². The summed E-state index contributed by atoms with van der Waals surface area (Å²) < 4.78 is 7.17. The highest BCUT2D eigenvalue weighted by atomic mass is 16.3. The Balaban J connectivity index is 0.872. The summed E-state index contributed by atoms with van der Waals surface area (Å²) in [5, 5.41) is 7.02. The lowest BCUT2D eigenvalue weighted by atomic mass is 9.70. The van der Waals surface area contributed by atoms with Crippen molar-refractivity contribution < 1.29 is 4.42 Å². The summed E-state index contributed by atoms with van der Waals surface area (Å²) >= 11 is 0. The number of rotatable bonds is 2. The summed E-state index contributed by atoms with van der Waals surface area (Å²) in [6.07, 6.45) is 0. The minimum atomic E-state index is -0.410. The summed E-state index contributed by atoms with van der Waals surface area (Å²) in [6, 6.07) is 91.4. The van der Waals surface area contributed by atoms with Gasteiger partial charge in [-0.05, 0) is 157 Å². The van der Waals surface area contributed by atoms with Crippen LogP contribution in [0.4, 0.5) is 0 Å². The number of fused-ring (bicyclic) bond motifs is 21. The van der Waals surface area contributed by atoms with Crippen LogP contribution in [0.3, 0.4) is 0 Å². The van der Waals surface area contributed by atoms with Crippen LogP contribution in [0.5, 0.6) is 0 Å². The average molecular weight is 897 g/mol. The van der Waals surface area contributed by atoms with Gasteiger partial charge in [0.15, 0.2) is 0 Å². The first-order chi connectivity index (χ1) is 35.2. The zero-order chi connectivity index (χ0) is 46.2. The first-order valence-electron chi connectivity index (χ1n) is 24.9. The van der Waals surface area contributed by atoms with Crippen LogP contribution in [-0.2, 0) is 10.8 Å². The second-order valence-corrected chi connectivity index (χ2v) is 20.1. The van der Waals surface area contributed by atoms with Crippen LogP contribution < -0.4 is 0 Å². The highest BCUT2D eigenvalue weighted by Crippen LogP contribution is 2.65. The predicted molar refractivity (Wildman–Crippen MR) is 292 cm³/mol. The largest absolute Gasteiger partial charge is 0.456 e. The third kappa shape index (κ3) is 4.50. The minimum Gasteiger partial charge on any atom is -0.456 e. The SMILES string of the molecule is c1ccc2c(c1)-c1ccccc1C21c2ccccc2-c2ccc(-c3ccc4oc5ccc(-c6ccc7c(c6)C6(c8ccccc8-c8ccccc86)c6ccccc6-7)c6cccc(c7cccc3c47)c56)cc21. The second-order valence-electron chi connectivity index (χ2n) is 20.1. The van der Waals surface area contributed by atoms with Gasteiger partial charge in [-0.3, -0.25) is 0 Å². The lowest BCUT2D eigenvalue weighted by Gasteiger charge is -2.30. The summed E-state index contributed by atoms with van der Waals surface area (Å²) in [5.74, 6) is 0. The maximum atomic E-state index is 7.17. The molecule has 2 spiro atoms. The molecule has 1 aromatic heterocycles. The Morgan fingerprint density at radius 2 is 0.493 bits per heavy atom. The lowest BCUT2D eigenvalue weighted by molar-refractivity contribution is 0.664. The number of benzene rings is 12. The second kappa shape index (κ2) is 13.4. The van der Waals surface area contributed by atoms with Gasteiger partial charge >= 0.3 is 0 Å². The van der Waals surface area contributed by atoms with Gasteiger partial charge in [0.1, 0.15) is 11.2 Å². The zero-order valence-electron chi connectivity index (χ0n) is 38.5. The van der Waals surface area contributed by atoms with Crippen molar-refractivity contribution >= 4 is 43.5 Å². The van der Waals surface area contributed by atoms with E-state index in [0.29, 0.717) is 0 Å². The molecular formula is C70H40O. The monoisotopic (exact) mass is 896 g/mol. The summed E-state index contributed by atoms with van der Waals surface area (Å²) in [4.78, 5) is 0. The Bertz CT molecular complexity index is 4130. The zero-order valence-corrected chi connectivity index (χ0v) is 38.5. The fourth-order valence-corrected chi connectivity index (χ4v) is 14.5. The Morgan fingerprint density at radius 1 is 0.211 bits per heavy atom. The molecule has 0 fully saturated rings. The molecule has 17 rings (SSSR count). The van der Waals surface area contributed by atoms with Gasteiger partial charge in [-0.15, -0.1) is 0 Å². The Labute approximate surface area is 410 Å². The first kappa shape index (κ1) is 37.9. The molecule has 4 aliphatic rings. The van der Waals surface area contributed by atoms with Crippen LogP contribution in [0.15, 0.2) is 247 Å². The van der Waals surface area contributed by atoms with Crippen molar-refractivity contribution in [3.8, 4) is 66.8 Å². The van der Waals surface area contributed by atoms with Crippen LogP contribution in [-0.4, -0.2) is 0 Å². The van der Waals surface area contributed by atoms with Crippen molar-refractivity contribution in [3.63, 3.8) is 0 Å². The summed E-state index contributed by atoms with van der Waals surface area (Å²) in [5.41, 5.74) is 27.1. The van der Waals surface area contributed by atoms with E-state index < -0.39 is 10.8 Å². The van der Waals surface area contributed by atoms with Crippen LogP contribution in [0.1, 0.15) is 44.5 Å². The molecule has 12 aromatic carbocycles.